The number of amides is 1. The van der Waals surface area contributed by atoms with Gasteiger partial charge in [-0.05, 0) is 24.3 Å². The molecule has 1 aliphatic rings. The molecule has 2 aromatic heterocycles. The molecule has 29 heavy (non-hydrogen) atoms. The third-order valence-electron chi connectivity index (χ3n) is 5.62. The molecule has 0 aliphatic carbocycles. The molecule has 0 spiro atoms. The molecule has 1 aliphatic heterocycles. The Bertz CT molecular complexity index is 946. The van der Waals surface area contributed by atoms with Crippen LogP contribution in [0.2, 0.25) is 0 Å². The van der Waals surface area contributed by atoms with Gasteiger partial charge in [-0.15, -0.1) is 0 Å². The van der Waals surface area contributed by atoms with Gasteiger partial charge in [0.2, 0.25) is 0 Å². The average Bonchev–Trinajstić information content (AvgIpc) is 3.15. The Morgan fingerprint density at radius 2 is 1.83 bits per heavy atom. The van der Waals surface area contributed by atoms with Crippen molar-refractivity contribution in [2.75, 3.05) is 46.4 Å². The lowest BCUT2D eigenvalue weighted by Gasteiger charge is -2.34. The molecule has 0 saturated carbocycles. The highest BCUT2D eigenvalue weighted by Gasteiger charge is 2.25. The fraction of sp³-hybridized carbons (Fsp3) is 0.391. The van der Waals surface area contributed by atoms with E-state index in [1.54, 1.807) is 7.11 Å². The van der Waals surface area contributed by atoms with Crippen molar-refractivity contribution in [1.82, 2.24) is 19.4 Å². The fourth-order valence-corrected chi connectivity index (χ4v) is 3.97. The molecule has 1 aromatic carbocycles. The number of piperazine rings is 1. The van der Waals surface area contributed by atoms with Gasteiger partial charge in [-0.3, -0.25) is 14.7 Å². The van der Waals surface area contributed by atoms with Gasteiger partial charge in [-0.2, -0.15) is 0 Å². The number of fused-ring (bicyclic) bond motifs is 1. The van der Waals surface area contributed by atoms with Crippen molar-refractivity contribution in [3.63, 3.8) is 0 Å². The van der Waals surface area contributed by atoms with Crippen molar-refractivity contribution in [3.05, 3.63) is 66.1 Å². The minimum absolute atomic E-state index is 0.113. The van der Waals surface area contributed by atoms with E-state index in [2.05, 4.69) is 32.7 Å². The van der Waals surface area contributed by atoms with Crippen molar-refractivity contribution >= 4 is 16.8 Å². The van der Waals surface area contributed by atoms with Crippen molar-refractivity contribution in [1.29, 1.82) is 0 Å². The molecule has 0 unspecified atom stereocenters. The van der Waals surface area contributed by atoms with Crippen LogP contribution in [0.1, 0.15) is 16.2 Å². The number of hydrogen-bond donors (Lipinski definition) is 0. The zero-order valence-electron chi connectivity index (χ0n) is 17.0. The monoisotopic (exact) mass is 392 g/mol. The topological polar surface area (TPSA) is 50.6 Å². The quantitative estimate of drug-likeness (QED) is 0.620. The summed E-state index contributed by atoms with van der Waals surface area (Å²) in [5.41, 5.74) is 2.96. The normalized spacial score (nSPS) is 15.1. The van der Waals surface area contributed by atoms with Gasteiger partial charge in [0.15, 0.2) is 0 Å². The number of rotatable bonds is 7. The summed E-state index contributed by atoms with van der Waals surface area (Å²) < 4.78 is 7.36. The van der Waals surface area contributed by atoms with Crippen LogP contribution in [0.5, 0.6) is 0 Å². The van der Waals surface area contributed by atoms with E-state index in [1.807, 2.05) is 41.4 Å². The molecule has 3 heterocycles. The van der Waals surface area contributed by atoms with Gasteiger partial charge < -0.3 is 14.2 Å². The minimum Gasteiger partial charge on any atom is -0.383 e. The SMILES string of the molecule is COCCn1c(C(=O)N2CCN(CCc3ccccn3)CC2)cc2ccccc21. The van der Waals surface area contributed by atoms with E-state index < -0.39 is 0 Å². The minimum atomic E-state index is 0.113. The summed E-state index contributed by atoms with van der Waals surface area (Å²) in [5, 5.41) is 1.10. The maximum Gasteiger partial charge on any atom is 0.270 e. The first-order chi connectivity index (χ1) is 14.3. The lowest BCUT2D eigenvalue weighted by molar-refractivity contribution is 0.0626. The van der Waals surface area contributed by atoms with Gasteiger partial charge in [-0.1, -0.05) is 24.3 Å². The summed E-state index contributed by atoms with van der Waals surface area (Å²) in [6, 6.07) is 16.2. The highest BCUT2D eigenvalue weighted by Crippen LogP contribution is 2.21. The molecule has 1 saturated heterocycles. The second kappa shape index (κ2) is 9.20. The molecule has 3 aromatic rings. The second-order valence-electron chi connectivity index (χ2n) is 7.44. The van der Waals surface area contributed by atoms with E-state index in [9.17, 15) is 4.79 Å². The van der Waals surface area contributed by atoms with Crippen LogP contribution in [0, 0.1) is 0 Å². The van der Waals surface area contributed by atoms with Gasteiger partial charge in [-0.25, -0.2) is 0 Å². The van der Waals surface area contributed by atoms with Crippen LogP contribution in [0.15, 0.2) is 54.7 Å². The van der Waals surface area contributed by atoms with Crippen LogP contribution in [-0.4, -0.2) is 71.7 Å². The molecule has 4 rings (SSSR count). The van der Waals surface area contributed by atoms with Crippen molar-refractivity contribution < 1.29 is 9.53 Å². The van der Waals surface area contributed by atoms with Gasteiger partial charge in [0.1, 0.15) is 5.69 Å². The van der Waals surface area contributed by atoms with E-state index >= 15 is 0 Å². The van der Waals surface area contributed by atoms with Gasteiger partial charge in [0.25, 0.3) is 5.91 Å². The Morgan fingerprint density at radius 3 is 2.59 bits per heavy atom. The summed E-state index contributed by atoms with van der Waals surface area (Å²) in [7, 11) is 1.69. The predicted octanol–water partition coefficient (Wildman–Crippen LogP) is 2.68. The predicted molar refractivity (Wildman–Crippen MR) is 114 cm³/mol. The van der Waals surface area contributed by atoms with Crippen LogP contribution in [0.4, 0.5) is 0 Å². The number of pyridine rings is 1. The zero-order chi connectivity index (χ0) is 20.1. The van der Waals surface area contributed by atoms with E-state index in [4.69, 9.17) is 4.74 Å². The van der Waals surface area contributed by atoms with Crippen molar-refractivity contribution in [2.45, 2.75) is 13.0 Å². The van der Waals surface area contributed by atoms with Crippen molar-refractivity contribution in [2.24, 2.45) is 0 Å². The summed E-state index contributed by atoms with van der Waals surface area (Å²) in [5.74, 6) is 0.113. The maximum absolute atomic E-state index is 13.3. The number of methoxy groups -OCH3 is 1. The molecule has 6 heteroatoms. The van der Waals surface area contributed by atoms with E-state index in [-0.39, 0.29) is 5.91 Å². The number of carbonyl (C=O) groups is 1. The first-order valence-corrected chi connectivity index (χ1v) is 10.2. The largest absolute Gasteiger partial charge is 0.383 e. The van der Waals surface area contributed by atoms with Crippen LogP contribution in [0.3, 0.4) is 0 Å². The van der Waals surface area contributed by atoms with Crippen LogP contribution in [0.25, 0.3) is 10.9 Å². The summed E-state index contributed by atoms with van der Waals surface area (Å²) in [6.45, 7) is 5.55. The Morgan fingerprint density at radius 1 is 1.03 bits per heavy atom. The molecule has 0 radical (unpaired) electrons. The second-order valence-corrected chi connectivity index (χ2v) is 7.44. The lowest BCUT2D eigenvalue weighted by Crippen LogP contribution is -2.49. The third kappa shape index (κ3) is 4.49. The molecule has 1 amide bonds. The number of carbonyl (C=O) groups excluding carboxylic acids is 1. The first kappa shape index (κ1) is 19.6. The Labute approximate surface area is 171 Å². The highest BCUT2D eigenvalue weighted by molar-refractivity contribution is 5.98. The van der Waals surface area contributed by atoms with E-state index in [0.717, 1.165) is 61.4 Å². The Balaban J connectivity index is 1.40. The molecule has 0 atom stereocenters. The van der Waals surface area contributed by atoms with E-state index in [0.29, 0.717) is 13.2 Å². The molecule has 1 fully saturated rings. The Hall–Kier alpha value is -2.70. The van der Waals surface area contributed by atoms with Crippen LogP contribution >= 0.6 is 0 Å². The first-order valence-electron chi connectivity index (χ1n) is 10.2. The molecular weight excluding hydrogens is 364 g/mol. The standard InChI is InChI=1S/C23H28N4O2/c1-29-17-16-27-21-8-3-2-6-19(21)18-22(27)23(28)26-14-12-25(13-15-26)11-9-20-7-4-5-10-24-20/h2-8,10,18H,9,11-17H2,1H3. The molecular formula is C23H28N4O2. The molecule has 0 N–H and O–H groups in total. The summed E-state index contributed by atoms with van der Waals surface area (Å²) in [4.78, 5) is 22.1. The molecule has 6 nitrogen and oxygen atoms in total. The van der Waals surface area contributed by atoms with E-state index in [1.165, 1.54) is 0 Å². The average molecular weight is 393 g/mol. The summed E-state index contributed by atoms with van der Waals surface area (Å²) in [6.07, 6.45) is 2.79. The van der Waals surface area contributed by atoms with Crippen LogP contribution < -0.4 is 0 Å². The van der Waals surface area contributed by atoms with Crippen molar-refractivity contribution in [3.8, 4) is 0 Å². The maximum atomic E-state index is 13.3. The van der Waals surface area contributed by atoms with Gasteiger partial charge >= 0.3 is 0 Å². The highest BCUT2D eigenvalue weighted by atomic mass is 16.5. The number of para-hydroxylation sites is 1. The van der Waals surface area contributed by atoms with Gasteiger partial charge in [0, 0.05) is 75.6 Å². The zero-order valence-corrected chi connectivity index (χ0v) is 17.0. The fourth-order valence-electron chi connectivity index (χ4n) is 3.97. The number of nitrogens with zero attached hydrogens (tertiary/aromatic N) is 4. The number of aromatic nitrogens is 2. The molecule has 0 bridgehead atoms. The smallest absolute Gasteiger partial charge is 0.270 e. The third-order valence-corrected chi connectivity index (χ3v) is 5.62. The Kier molecular flexibility index (Phi) is 6.22. The number of benzene rings is 1. The van der Waals surface area contributed by atoms with Gasteiger partial charge in [0.05, 0.1) is 6.61 Å². The summed E-state index contributed by atoms with van der Waals surface area (Å²) >= 11 is 0. The molecule has 152 valence electrons. The lowest BCUT2D eigenvalue weighted by atomic mass is 10.2. The number of hydrogen-bond acceptors (Lipinski definition) is 4. The number of ether oxygens (including phenoxy) is 1. The van der Waals surface area contributed by atoms with Crippen LogP contribution in [-0.2, 0) is 17.7 Å².